The molecule has 0 saturated carbocycles. The molecule has 29 heavy (non-hydrogen) atoms. The molecular weight excluding hydrogens is 370 g/mol. The van der Waals surface area contributed by atoms with Crippen LogP contribution >= 0.6 is 0 Å². The third-order valence-corrected chi connectivity index (χ3v) is 4.20. The van der Waals surface area contributed by atoms with E-state index in [1.807, 2.05) is 30.3 Å². The average molecular weight is 385 g/mol. The molecule has 0 bridgehead atoms. The monoisotopic (exact) mass is 385 g/mol. The summed E-state index contributed by atoms with van der Waals surface area (Å²) in [7, 11) is 0. The molecule has 3 aromatic carbocycles. The minimum absolute atomic E-state index is 0.182. The molecule has 1 heterocycles. The summed E-state index contributed by atoms with van der Waals surface area (Å²) in [5, 5.41) is 2.77. The second kappa shape index (κ2) is 7.82. The zero-order valence-corrected chi connectivity index (χ0v) is 15.1. The number of rotatable bonds is 5. The van der Waals surface area contributed by atoms with Crippen molar-refractivity contribution in [1.29, 1.82) is 0 Å². The average Bonchev–Trinajstić information content (AvgIpc) is 3.02. The number of hydrogen-bond donors (Lipinski definition) is 1. The maximum Gasteiger partial charge on any atom is 0.347 e. The molecule has 1 N–H and O–H groups in total. The molecule has 0 atom stereocenters. The van der Waals surface area contributed by atoms with Gasteiger partial charge in [0.2, 0.25) is 5.91 Å². The van der Waals surface area contributed by atoms with Crippen LogP contribution in [0.2, 0.25) is 0 Å². The minimum atomic E-state index is -0.683. The Labute approximate surface area is 166 Å². The van der Waals surface area contributed by atoms with Gasteiger partial charge in [-0.3, -0.25) is 4.79 Å². The number of carbonyl (C=O) groups is 3. The molecule has 6 heteroatoms. The number of esters is 2. The molecule has 4 rings (SSSR count). The van der Waals surface area contributed by atoms with Crippen LogP contribution in [0.5, 0.6) is 11.5 Å². The number of carbonyl (C=O) groups excluding carboxylic acids is 3. The van der Waals surface area contributed by atoms with Crippen molar-refractivity contribution in [1.82, 2.24) is 0 Å². The van der Waals surface area contributed by atoms with Crippen LogP contribution in [-0.2, 0) is 9.53 Å². The normalized spacial score (nSPS) is 12.6. The van der Waals surface area contributed by atoms with E-state index < -0.39 is 11.9 Å². The van der Waals surface area contributed by atoms with Gasteiger partial charge in [-0.2, -0.15) is 0 Å². The molecule has 1 aliphatic rings. The second-order valence-corrected chi connectivity index (χ2v) is 6.24. The summed E-state index contributed by atoms with van der Waals surface area (Å²) >= 11 is 0. The summed E-state index contributed by atoms with van der Waals surface area (Å²) in [4.78, 5) is 35.1. The van der Waals surface area contributed by atoms with Crippen molar-refractivity contribution in [3.05, 3.63) is 95.6 Å². The zero-order valence-electron chi connectivity index (χ0n) is 15.1. The van der Waals surface area contributed by atoms with Gasteiger partial charge in [-0.1, -0.05) is 30.3 Å². The topological polar surface area (TPSA) is 81.7 Å². The molecule has 142 valence electrons. The smallest absolute Gasteiger partial charge is 0.347 e. The van der Waals surface area contributed by atoms with Gasteiger partial charge in [0.25, 0.3) is 0 Å². The maximum atomic E-state index is 12.0. The van der Waals surface area contributed by atoms with Crippen molar-refractivity contribution in [2.24, 2.45) is 0 Å². The van der Waals surface area contributed by atoms with Crippen molar-refractivity contribution in [2.75, 3.05) is 5.32 Å². The standard InChI is InChI=1S/C23H15NO5/c25-21(13-6-15-4-2-1-3-5-15)24-16-7-9-17(10-8-16)28-18-11-12-19-20(14-18)23(27)29-22(19)26/h1-14H,(H,24,25). The Morgan fingerprint density at radius 3 is 2.28 bits per heavy atom. The number of anilines is 1. The lowest BCUT2D eigenvalue weighted by Crippen LogP contribution is -2.07. The van der Waals surface area contributed by atoms with Gasteiger partial charge in [-0.15, -0.1) is 0 Å². The molecule has 0 saturated heterocycles. The highest BCUT2D eigenvalue weighted by Gasteiger charge is 2.29. The number of amides is 1. The molecule has 0 fully saturated rings. The molecule has 6 nitrogen and oxygen atoms in total. The third kappa shape index (κ3) is 4.22. The number of hydrogen-bond acceptors (Lipinski definition) is 5. The molecule has 0 radical (unpaired) electrons. The van der Waals surface area contributed by atoms with E-state index in [9.17, 15) is 14.4 Å². The Kier molecular flexibility index (Phi) is 4.90. The van der Waals surface area contributed by atoms with Crippen molar-refractivity contribution in [2.45, 2.75) is 0 Å². The van der Waals surface area contributed by atoms with Gasteiger partial charge >= 0.3 is 11.9 Å². The van der Waals surface area contributed by atoms with E-state index in [2.05, 4.69) is 10.1 Å². The third-order valence-electron chi connectivity index (χ3n) is 4.20. The second-order valence-electron chi connectivity index (χ2n) is 6.24. The van der Waals surface area contributed by atoms with Gasteiger partial charge in [0.1, 0.15) is 11.5 Å². The highest BCUT2D eigenvalue weighted by molar-refractivity contribution is 6.14. The van der Waals surface area contributed by atoms with Crippen LogP contribution in [0.25, 0.3) is 6.08 Å². The molecular formula is C23H15NO5. The van der Waals surface area contributed by atoms with Crippen molar-refractivity contribution in [3.63, 3.8) is 0 Å². The molecule has 0 aromatic heterocycles. The van der Waals surface area contributed by atoms with E-state index in [1.54, 1.807) is 36.4 Å². The summed E-state index contributed by atoms with van der Waals surface area (Å²) in [6.07, 6.45) is 3.20. The number of ether oxygens (including phenoxy) is 2. The van der Waals surface area contributed by atoms with E-state index in [0.29, 0.717) is 17.2 Å². The largest absolute Gasteiger partial charge is 0.457 e. The van der Waals surface area contributed by atoms with Crippen LogP contribution in [0.1, 0.15) is 26.3 Å². The maximum absolute atomic E-state index is 12.0. The van der Waals surface area contributed by atoms with Crippen molar-refractivity contribution >= 4 is 29.6 Å². The lowest BCUT2D eigenvalue weighted by molar-refractivity contribution is -0.111. The van der Waals surface area contributed by atoms with E-state index >= 15 is 0 Å². The predicted octanol–water partition coefficient (Wildman–Crippen LogP) is 4.44. The minimum Gasteiger partial charge on any atom is -0.457 e. The first-order valence-corrected chi connectivity index (χ1v) is 8.81. The van der Waals surface area contributed by atoms with Crippen LogP contribution in [0.3, 0.4) is 0 Å². The molecule has 3 aromatic rings. The molecule has 0 aliphatic carbocycles. The Morgan fingerprint density at radius 1 is 0.828 bits per heavy atom. The molecule has 1 aliphatic heterocycles. The Bertz CT molecular complexity index is 1120. The first kappa shape index (κ1) is 18.2. The van der Waals surface area contributed by atoms with E-state index in [-0.39, 0.29) is 17.0 Å². The molecule has 1 amide bonds. The van der Waals surface area contributed by atoms with Crippen molar-refractivity contribution < 1.29 is 23.9 Å². The number of benzene rings is 3. The first-order valence-electron chi connectivity index (χ1n) is 8.81. The van der Waals surface area contributed by atoms with Crippen LogP contribution in [-0.4, -0.2) is 17.8 Å². The highest BCUT2D eigenvalue weighted by atomic mass is 16.6. The Morgan fingerprint density at radius 2 is 1.52 bits per heavy atom. The predicted molar refractivity (Wildman–Crippen MR) is 107 cm³/mol. The van der Waals surface area contributed by atoms with E-state index in [4.69, 9.17) is 4.74 Å². The van der Waals surface area contributed by atoms with Gasteiger partial charge in [0.15, 0.2) is 0 Å². The van der Waals surface area contributed by atoms with Gasteiger partial charge in [0.05, 0.1) is 11.1 Å². The van der Waals surface area contributed by atoms with Crippen molar-refractivity contribution in [3.8, 4) is 11.5 Å². The van der Waals surface area contributed by atoms with Gasteiger partial charge in [-0.25, -0.2) is 9.59 Å². The zero-order chi connectivity index (χ0) is 20.2. The van der Waals surface area contributed by atoms with Gasteiger partial charge in [0, 0.05) is 11.8 Å². The summed E-state index contributed by atoms with van der Waals surface area (Å²) in [6, 6.07) is 20.9. The first-order chi connectivity index (χ1) is 14.1. The summed E-state index contributed by atoms with van der Waals surface area (Å²) in [5.74, 6) is -0.669. The van der Waals surface area contributed by atoms with Crippen LogP contribution in [0.15, 0.2) is 78.9 Å². The van der Waals surface area contributed by atoms with Gasteiger partial charge in [-0.05, 0) is 54.1 Å². The van der Waals surface area contributed by atoms with Crippen LogP contribution in [0.4, 0.5) is 5.69 Å². The highest BCUT2D eigenvalue weighted by Crippen LogP contribution is 2.28. The Balaban J connectivity index is 1.39. The number of fused-ring (bicyclic) bond motifs is 1. The molecule has 0 spiro atoms. The quantitative estimate of drug-likeness (QED) is 0.399. The number of cyclic esters (lactones) is 2. The Hall–Kier alpha value is -4.19. The SMILES string of the molecule is O=C(C=Cc1ccccc1)Nc1ccc(Oc2ccc3c(c2)C(=O)OC3=O)cc1. The lowest BCUT2D eigenvalue weighted by Gasteiger charge is -2.08. The molecule has 0 unspecified atom stereocenters. The van der Waals surface area contributed by atoms with E-state index in [1.165, 1.54) is 18.2 Å². The van der Waals surface area contributed by atoms with Gasteiger partial charge < -0.3 is 14.8 Å². The van der Waals surface area contributed by atoms with Crippen LogP contribution in [0, 0.1) is 0 Å². The van der Waals surface area contributed by atoms with E-state index in [0.717, 1.165) is 5.56 Å². The fraction of sp³-hybridized carbons (Fsp3) is 0. The summed E-state index contributed by atoms with van der Waals surface area (Å²) in [5.41, 5.74) is 1.96. The lowest BCUT2D eigenvalue weighted by atomic mass is 10.1. The fourth-order valence-electron chi connectivity index (χ4n) is 2.79. The number of nitrogens with one attached hydrogen (secondary N) is 1. The summed E-state index contributed by atoms with van der Waals surface area (Å²) < 4.78 is 10.3. The fourth-order valence-corrected chi connectivity index (χ4v) is 2.79. The van der Waals surface area contributed by atoms with Crippen LogP contribution < -0.4 is 10.1 Å². The summed E-state index contributed by atoms with van der Waals surface area (Å²) in [6.45, 7) is 0.